The van der Waals surface area contributed by atoms with Gasteiger partial charge in [0.15, 0.2) is 5.13 Å². The first kappa shape index (κ1) is 17.5. The van der Waals surface area contributed by atoms with Crippen LogP contribution in [0.25, 0.3) is 10.2 Å². The summed E-state index contributed by atoms with van der Waals surface area (Å²) >= 11 is 0.879. The van der Waals surface area contributed by atoms with Gasteiger partial charge in [-0.1, -0.05) is 23.5 Å². The number of aromatic nitrogens is 1. The Morgan fingerprint density at radius 1 is 1.13 bits per heavy atom. The van der Waals surface area contributed by atoms with Crippen LogP contribution in [0.1, 0.15) is 6.42 Å². The largest absolute Gasteiger partial charge is 0.426 e. The van der Waals surface area contributed by atoms with Crippen molar-refractivity contribution >= 4 is 32.6 Å². The number of hydrogen-bond donors (Lipinski definition) is 2. The van der Waals surface area contributed by atoms with Crippen LogP contribution >= 0.6 is 11.3 Å². The number of hydrogen-bond acceptors (Lipinski definition) is 4. The molecule has 2 N–H and O–H groups in total. The monoisotopic (exact) mass is 358 g/mol. The van der Waals surface area contributed by atoms with Gasteiger partial charge in [-0.2, -0.15) is 26.3 Å². The lowest BCUT2D eigenvalue weighted by Crippen LogP contribution is -2.58. The Labute approximate surface area is 128 Å². The zero-order valence-electron chi connectivity index (χ0n) is 11.0. The van der Waals surface area contributed by atoms with Crippen molar-refractivity contribution in [3.05, 3.63) is 24.3 Å². The van der Waals surface area contributed by atoms with E-state index in [1.807, 2.05) is 5.32 Å². The quantitative estimate of drug-likeness (QED) is 0.826. The molecule has 1 aromatic heterocycles. The molecule has 11 heteroatoms. The fourth-order valence-corrected chi connectivity index (χ4v) is 2.56. The predicted octanol–water partition coefficient (Wildman–Crippen LogP) is 3.48. The number of alkyl halides is 6. The summed E-state index contributed by atoms with van der Waals surface area (Å²) in [6.45, 7) is 0. The highest BCUT2D eigenvalue weighted by Crippen LogP contribution is 2.45. The zero-order chi connectivity index (χ0) is 17.5. The highest BCUT2D eigenvalue weighted by atomic mass is 32.1. The van der Waals surface area contributed by atoms with Crippen molar-refractivity contribution in [3.8, 4) is 0 Å². The first-order valence-electron chi connectivity index (χ1n) is 5.95. The number of anilines is 1. The molecular formula is C12H8F6N2O2S. The molecule has 126 valence electrons. The SMILES string of the molecule is O=C(CC(O)(C(F)(F)F)C(F)(F)F)Nc1nc2ccccc2s1. The van der Waals surface area contributed by atoms with Crippen molar-refractivity contribution in [2.24, 2.45) is 0 Å². The standard InChI is InChI=1S/C12H8F6N2O2S/c13-11(14,15)10(22,12(16,17)18)5-8(21)20-9-19-6-3-1-2-4-7(6)23-9/h1-4,22H,5H2,(H,19,20,21). The molecule has 0 saturated carbocycles. The average Bonchev–Trinajstić information content (AvgIpc) is 2.77. The van der Waals surface area contributed by atoms with Gasteiger partial charge in [0.05, 0.1) is 16.6 Å². The Bertz CT molecular complexity index is 677. The summed E-state index contributed by atoms with van der Waals surface area (Å²) in [5.74, 6) is -1.65. The van der Waals surface area contributed by atoms with Gasteiger partial charge in [-0.15, -0.1) is 0 Å². The van der Waals surface area contributed by atoms with Gasteiger partial charge in [0.25, 0.3) is 5.60 Å². The molecule has 0 atom stereocenters. The second-order valence-corrected chi connectivity index (χ2v) is 5.60. The van der Waals surface area contributed by atoms with Crippen molar-refractivity contribution in [3.63, 3.8) is 0 Å². The fraction of sp³-hybridized carbons (Fsp3) is 0.333. The van der Waals surface area contributed by atoms with Crippen molar-refractivity contribution < 1.29 is 36.2 Å². The number of nitrogens with zero attached hydrogens (tertiary/aromatic N) is 1. The van der Waals surface area contributed by atoms with E-state index in [1.54, 1.807) is 24.3 Å². The lowest BCUT2D eigenvalue weighted by Gasteiger charge is -2.31. The van der Waals surface area contributed by atoms with Gasteiger partial charge >= 0.3 is 12.4 Å². The van der Waals surface area contributed by atoms with E-state index in [2.05, 4.69) is 4.98 Å². The number of rotatable bonds is 3. The van der Waals surface area contributed by atoms with Crippen LogP contribution in [0.2, 0.25) is 0 Å². The molecule has 0 aliphatic heterocycles. The maximum atomic E-state index is 12.5. The molecule has 0 bridgehead atoms. The summed E-state index contributed by atoms with van der Waals surface area (Å²) < 4.78 is 75.6. The number of halogens is 6. The zero-order valence-corrected chi connectivity index (χ0v) is 11.8. The summed E-state index contributed by atoms with van der Waals surface area (Å²) in [5, 5.41) is 10.6. The van der Waals surface area contributed by atoms with Gasteiger partial charge in [-0.05, 0) is 12.1 Å². The van der Waals surface area contributed by atoms with E-state index >= 15 is 0 Å². The van der Waals surface area contributed by atoms with Gasteiger partial charge < -0.3 is 10.4 Å². The van der Waals surface area contributed by atoms with Crippen molar-refractivity contribution in [2.75, 3.05) is 5.32 Å². The van der Waals surface area contributed by atoms with Gasteiger partial charge in [0.1, 0.15) is 0 Å². The third-order valence-electron chi connectivity index (χ3n) is 2.89. The Kier molecular flexibility index (Phi) is 4.28. The Morgan fingerprint density at radius 3 is 2.22 bits per heavy atom. The van der Waals surface area contributed by atoms with Crippen LogP contribution < -0.4 is 5.32 Å². The van der Waals surface area contributed by atoms with Crippen molar-refractivity contribution in [2.45, 2.75) is 24.4 Å². The van der Waals surface area contributed by atoms with Crippen LogP contribution in [0.15, 0.2) is 24.3 Å². The Balaban J connectivity index is 2.19. The molecule has 1 amide bonds. The molecule has 0 aliphatic carbocycles. The fourth-order valence-electron chi connectivity index (χ4n) is 1.68. The van der Waals surface area contributed by atoms with Crippen molar-refractivity contribution in [1.29, 1.82) is 0 Å². The van der Waals surface area contributed by atoms with Crippen LogP contribution in [0, 0.1) is 0 Å². The number of benzene rings is 1. The molecule has 1 aromatic carbocycles. The molecule has 2 aromatic rings. The number of carbonyl (C=O) groups excluding carboxylic acids is 1. The minimum Gasteiger partial charge on any atom is -0.373 e. The van der Waals surface area contributed by atoms with E-state index in [0.717, 1.165) is 11.3 Å². The maximum Gasteiger partial charge on any atom is 0.426 e. The third-order valence-corrected chi connectivity index (χ3v) is 3.85. The molecule has 0 unspecified atom stereocenters. The molecule has 0 spiro atoms. The van der Waals surface area contributed by atoms with Crippen LogP contribution in [0.5, 0.6) is 0 Å². The molecule has 0 saturated heterocycles. The summed E-state index contributed by atoms with van der Waals surface area (Å²) in [6.07, 6.45) is -14.3. The Hall–Kier alpha value is -1.88. The topological polar surface area (TPSA) is 62.2 Å². The molecule has 23 heavy (non-hydrogen) atoms. The number of carbonyl (C=O) groups is 1. The Morgan fingerprint density at radius 2 is 1.70 bits per heavy atom. The summed E-state index contributed by atoms with van der Waals surface area (Å²) in [5.41, 5.74) is -4.70. The summed E-state index contributed by atoms with van der Waals surface area (Å²) in [7, 11) is 0. The second-order valence-electron chi connectivity index (χ2n) is 4.57. The highest BCUT2D eigenvalue weighted by molar-refractivity contribution is 7.22. The van der Waals surface area contributed by atoms with Crippen LogP contribution in [-0.4, -0.2) is 34.0 Å². The summed E-state index contributed by atoms with van der Waals surface area (Å²) in [6, 6.07) is 6.45. The van der Waals surface area contributed by atoms with Gasteiger partial charge in [-0.3, -0.25) is 4.79 Å². The lowest BCUT2D eigenvalue weighted by molar-refractivity contribution is -0.366. The predicted molar refractivity (Wildman–Crippen MR) is 69.9 cm³/mol. The molecule has 1 heterocycles. The van der Waals surface area contributed by atoms with Gasteiger partial charge in [0, 0.05) is 0 Å². The first-order valence-corrected chi connectivity index (χ1v) is 6.77. The van der Waals surface area contributed by atoms with E-state index in [-0.39, 0.29) is 5.13 Å². The number of nitrogens with one attached hydrogen (secondary N) is 1. The smallest absolute Gasteiger partial charge is 0.373 e. The number of fused-ring (bicyclic) bond motifs is 1. The maximum absolute atomic E-state index is 12.5. The van der Waals surface area contributed by atoms with Crippen molar-refractivity contribution in [1.82, 2.24) is 4.98 Å². The number of thiazole rings is 1. The van der Waals surface area contributed by atoms with E-state index in [0.29, 0.717) is 10.2 Å². The van der Waals surface area contributed by atoms with Crippen LogP contribution in [-0.2, 0) is 4.79 Å². The number of amides is 1. The molecule has 2 rings (SSSR count). The minimum atomic E-state index is -6.05. The van der Waals surface area contributed by atoms with Crippen LogP contribution in [0.4, 0.5) is 31.5 Å². The minimum absolute atomic E-state index is 0.164. The first-order chi connectivity index (χ1) is 10.4. The van der Waals surface area contributed by atoms with E-state index in [9.17, 15) is 31.1 Å². The van der Waals surface area contributed by atoms with E-state index in [1.165, 1.54) is 0 Å². The molecule has 4 nitrogen and oxygen atoms in total. The number of aliphatic hydroxyl groups is 1. The highest BCUT2D eigenvalue weighted by Gasteiger charge is 2.71. The molecule has 0 aliphatic rings. The van der Waals surface area contributed by atoms with E-state index < -0.39 is 30.3 Å². The molecular weight excluding hydrogens is 350 g/mol. The molecule has 0 fully saturated rings. The van der Waals surface area contributed by atoms with Crippen LogP contribution in [0.3, 0.4) is 0 Å². The van der Waals surface area contributed by atoms with Gasteiger partial charge in [0.2, 0.25) is 5.91 Å². The normalized spacial score (nSPS) is 13.3. The lowest BCUT2D eigenvalue weighted by atomic mass is 9.98. The third kappa shape index (κ3) is 3.39. The average molecular weight is 358 g/mol. The second kappa shape index (κ2) is 5.64. The number of para-hydroxylation sites is 1. The molecule has 0 radical (unpaired) electrons. The summed E-state index contributed by atoms with van der Waals surface area (Å²) in [4.78, 5) is 15.3. The van der Waals surface area contributed by atoms with Gasteiger partial charge in [-0.25, -0.2) is 4.98 Å². The van der Waals surface area contributed by atoms with E-state index in [4.69, 9.17) is 5.11 Å².